The van der Waals surface area contributed by atoms with Crippen molar-refractivity contribution in [2.24, 2.45) is 0 Å². The predicted octanol–water partition coefficient (Wildman–Crippen LogP) is 3.72. The van der Waals surface area contributed by atoms with Crippen molar-refractivity contribution in [3.63, 3.8) is 0 Å². The summed E-state index contributed by atoms with van der Waals surface area (Å²) in [6.07, 6.45) is 2.59. The van der Waals surface area contributed by atoms with E-state index in [-0.39, 0.29) is 18.2 Å². The fourth-order valence-electron chi connectivity index (χ4n) is 2.88. The minimum absolute atomic E-state index is 0.175. The van der Waals surface area contributed by atoms with Gasteiger partial charge in [-0.15, -0.1) is 0 Å². The molecular formula is C19H24N2O4. The monoisotopic (exact) mass is 344 g/mol. The number of carbonyl (C=O) groups is 2. The Kier molecular flexibility index (Phi) is 4.70. The molecule has 25 heavy (non-hydrogen) atoms. The molecule has 0 bridgehead atoms. The molecule has 1 N–H and O–H groups in total. The number of likely N-dealkylation sites (tertiary alicyclic amines) is 1. The quantitative estimate of drug-likeness (QED) is 0.843. The van der Waals surface area contributed by atoms with Crippen molar-refractivity contribution in [3.8, 4) is 0 Å². The van der Waals surface area contributed by atoms with Crippen LogP contribution in [0.15, 0.2) is 30.5 Å². The molecule has 0 spiro atoms. The number of aromatic amines is 1. The van der Waals surface area contributed by atoms with Crippen LogP contribution in [-0.4, -0.2) is 46.7 Å². The number of nitrogens with zero attached hydrogens (tertiary/aromatic N) is 1. The molecule has 1 amide bonds. The normalized spacial score (nSPS) is 16.0. The van der Waals surface area contributed by atoms with Crippen molar-refractivity contribution < 1.29 is 19.1 Å². The molecular weight excluding hydrogens is 320 g/mol. The largest absolute Gasteiger partial charge is 0.459 e. The minimum atomic E-state index is -0.503. The second-order valence-corrected chi connectivity index (χ2v) is 7.35. The van der Waals surface area contributed by atoms with Gasteiger partial charge in [-0.1, -0.05) is 6.07 Å². The summed E-state index contributed by atoms with van der Waals surface area (Å²) in [6.45, 7) is 6.60. The Balaban J connectivity index is 1.53. The Bertz CT molecular complexity index is 767. The zero-order chi connectivity index (χ0) is 18.0. The van der Waals surface area contributed by atoms with Gasteiger partial charge in [-0.3, -0.25) is 0 Å². The lowest BCUT2D eigenvalue weighted by Crippen LogP contribution is -2.43. The van der Waals surface area contributed by atoms with Gasteiger partial charge in [0.2, 0.25) is 0 Å². The van der Waals surface area contributed by atoms with Gasteiger partial charge < -0.3 is 19.4 Å². The molecule has 1 saturated heterocycles. The van der Waals surface area contributed by atoms with Crippen molar-refractivity contribution in [2.45, 2.75) is 45.3 Å². The third kappa shape index (κ3) is 4.32. The van der Waals surface area contributed by atoms with Gasteiger partial charge in [-0.05, 0) is 44.4 Å². The topological polar surface area (TPSA) is 71.6 Å². The van der Waals surface area contributed by atoms with Crippen LogP contribution < -0.4 is 0 Å². The van der Waals surface area contributed by atoms with E-state index in [2.05, 4.69) is 4.98 Å². The maximum absolute atomic E-state index is 12.3. The van der Waals surface area contributed by atoms with Crippen molar-refractivity contribution in [1.29, 1.82) is 0 Å². The van der Waals surface area contributed by atoms with Crippen LogP contribution in [0.2, 0.25) is 0 Å². The van der Waals surface area contributed by atoms with Crippen molar-refractivity contribution in [1.82, 2.24) is 9.88 Å². The van der Waals surface area contributed by atoms with E-state index in [9.17, 15) is 9.59 Å². The van der Waals surface area contributed by atoms with Gasteiger partial charge in [-0.2, -0.15) is 0 Å². The van der Waals surface area contributed by atoms with Gasteiger partial charge in [0.25, 0.3) is 0 Å². The molecule has 0 aliphatic carbocycles. The molecule has 0 saturated carbocycles. The third-order valence-electron chi connectivity index (χ3n) is 4.16. The Hall–Kier alpha value is -2.50. The summed E-state index contributed by atoms with van der Waals surface area (Å²) in [5, 5.41) is 1.06. The number of benzene rings is 1. The van der Waals surface area contributed by atoms with Gasteiger partial charge in [0, 0.05) is 37.6 Å². The number of amides is 1. The maximum atomic E-state index is 12.3. The fourth-order valence-corrected chi connectivity index (χ4v) is 2.88. The highest BCUT2D eigenvalue weighted by atomic mass is 16.6. The number of hydrogen-bond donors (Lipinski definition) is 1. The number of nitrogens with one attached hydrogen (secondary N) is 1. The summed E-state index contributed by atoms with van der Waals surface area (Å²) in [6, 6.07) is 7.42. The van der Waals surface area contributed by atoms with Crippen LogP contribution in [0.3, 0.4) is 0 Å². The summed E-state index contributed by atoms with van der Waals surface area (Å²) in [5.74, 6) is -0.327. The SMILES string of the molecule is CC(C)(C)OC(=O)N1CCC(OC(=O)c2ccc3cc[nH]c3c2)CC1. The number of fused-ring (bicyclic) bond motifs is 1. The highest BCUT2D eigenvalue weighted by Gasteiger charge is 2.28. The number of rotatable bonds is 2. The predicted molar refractivity (Wildman–Crippen MR) is 94.5 cm³/mol. The van der Waals surface area contributed by atoms with E-state index in [4.69, 9.17) is 9.47 Å². The first-order chi connectivity index (χ1) is 11.8. The molecule has 1 aliphatic rings. The number of esters is 1. The van der Waals surface area contributed by atoms with Gasteiger partial charge in [0.05, 0.1) is 5.56 Å². The van der Waals surface area contributed by atoms with Gasteiger partial charge in [0.1, 0.15) is 11.7 Å². The highest BCUT2D eigenvalue weighted by molar-refractivity contribution is 5.94. The first-order valence-corrected chi connectivity index (χ1v) is 8.58. The van der Waals surface area contributed by atoms with E-state index >= 15 is 0 Å². The average molecular weight is 344 g/mol. The molecule has 1 aliphatic heterocycles. The zero-order valence-electron chi connectivity index (χ0n) is 14.9. The lowest BCUT2D eigenvalue weighted by Gasteiger charge is -2.33. The summed E-state index contributed by atoms with van der Waals surface area (Å²) in [5.41, 5.74) is 0.940. The van der Waals surface area contributed by atoms with Crippen LogP contribution in [0.25, 0.3) is 10.9 Å². The molecule has 1 fully saturated rings. The maximum Gasteiger partial charge on any atom is 0.410 e. The van der Waals surface area contributed by atoms with Crippen molar-refractivity contribution in [3.05, 3.63) is 36.0 Å². The van der Waals surface area contributed by atoms with Crippen LogP contribution in [0.1, 0.15) is 44.0 Å². The van der Waals surface area contributed by atoms with E-state index in [1.807, 2.05) is 39.1 Å². The number of carbonyl (C=O) groups excluding carboxylic acids is 2. The number of hydrogen-bond acceptors (Lipinski definition) is 4. The Morgan fingerprint density at radius 2 is 1.88 bits per heavy atom. The Labute approximate surface area is 147 Å². The molecule has 0 atom stereocenters. The molecule has 0 unspecified atom stereocenters. The number of aromatic nitrogens is 1. The zero-order valence-corrected chi connectivity index (χ0v) is 14.9. The van der Waals surface area contributed by atoms with E-state index in [1.165, 1.54) is 0 Å². The van der Waals surface area contributed by atoms with E-state index in [0.29, 0.717) is 31.5 Å². The molecule has 6 nitrogen and oxygen atoms in total. The minimum Gasteiger partial charge on any atom is -0.459 e. The van der Waals surface area contributed by atoms with Gasteiger partial charge >= 0.3 is 12.1 Å². The van der Waals surface area contributed by atoms with Crippen molar-refractivity contribution >= 4 is 23.0 Å². The number of H-pyrrole nitrogens is 1. The highest BCUT2D eigenvalue weighted by Crippen LogP contribution is 2.20. The summed E-state index contributed by atoms with van der Waals surface area (Å²) < 4.78 is 11.0. The molecule has 0 radical (unpaired) electrons. The van der Waals surface area contributed by atoms with Crippen LogP contribution in [0, 0.1) is 0 Å². The van der Waals surface area contributed by atoms with Crippen LogP contribution in [0.5, 0.6) is 0 Å². The molecule has 2 heterocycles. The summed E-state index contributed by atoms with van der Waals surface area (Å²) >= 11 is 0. The van der Waals surface area contributed by atoms with Gasteiger partial charge in [-0.25, -0.2) is 9.59 Å². The van der Waals surface area contributed by atoms with E-state index in [0.717, 1.165) is 10.9 Å². The molecule has 3 rings (SSSR count). The van der Waals surface area contributed by atoms with Crippen LogP contribution in [-0.2, 0) is 9.47 Å². The van der Waals surface area contributed by atoms with E-state index in [1.54, 1.807) is 17.0 Å². The van der Waals surface area contributed by atoms with Crippen LogP contribution >= 0.6 is 0 Å². The van der Waals surface area contributed by atoms with Crippen LogP contribution in [0.4, 0.5) is 4.79 Å². The first-order valence-electron chi connectivity index (χ1n) is 8.58. The third-order valence-corrected chi connectivity index (χ3v) is 4.16. The average Bonchev–Trinajstić information content (AvgIpc) is 3.01. The number of piperidine rings is 1. The first kappa shape index (κ1) is 17.3. The van der Waals surface area contributed by atoms with Gasteiger partial charge in [0.15, 0.2) is 0 Å². The molecule has 134 valence electrons. The second kappa shape index (κ2) is 6.78. The summed E-state index contributed by atoms with van der Waals surface area (Å²) in [7, 11) is 0. The van der Waals surface area contributed by atoms with Crippen molar-refractivity contribution in [2.75, 3.05) is 13.1 Å². The fraction of sp³-hybridized carbons (Fsp3) is 0.474. The van der Waals surface area contributed by atoms with E-state index < -0.39 is 5.60 Å². The summed E-state index contributed by atoms with van der Waals surface area (Å²) in [4.78, 5) is 29.2. The second-order valence-electron chi connectivity index (χ2n) is 7.35. The smallest absolute Gasteiger partial charge is 0.410 e. The molecule has 6 heteroatoms. The molecule has 1 aromatic carbocycles. The lowest BCUT2D eigenvalue weighted by molar-refractivity contribution is -0.00339. The number of ether oxygens (including phenoxy) is 2. The lowest BCUT2D eigenvalue weighted by atomic mass is 10.1. The molecule has 2 aromatic rings. The molecule has 1 aromatic heterocycles. The standard InChI is InChI=1S/C19H24N2O4/c1-19(2,3)25-18(23)21-10-7-15(8-11-21)24-17(22)14-5-4-13-6-9-20-16(13)12-14/h4-6,9,12,15,20H,7-8,10-11H2,1-3H3. The Morgan fingerprint density at radius 3 is 2.56 bits per heavy atom. The Morgan fingerprint density at radius 1 is 1.16 bits per heavy atom.